The molecule has 2 aromatic heterocycles. The lowest BCUT2D eigenvalue weighted by Gasteiger charge is -2.08. The fraction of sp³-hybridized carbons (Fsp3) is 0.0667. The van der Waals surface area contributed by atoms with E-state index in [4.69, 9.17) is 10.00 Å². The summed E-state index contributed by atoms with van der Waals surface area (Å²) >= 11 is 0. The second-order valence-electron chi connectivity index (χ2n) is 4.24. The zero-order valence-electron chi connectivity index (χ0n) is 10.7. The van der Waals surface area contributed by atoms with Crippen molar-refractivity contribution in [2.45, 2.75) is 6.92 Å². The minimum absolute atomic E-state index is 0.450. The van der Waals surface area contributed by atoms with Crippen LogP contribution in [0.5, 0.6) is 11.6 Å². The summed E-state index contributed by atoms with van der Waals surface area (Å²) in [6.45, 7) is 1.89. The Balaban J connectivity index is 1.95. The van der Waals surface area contributed by atoms with Crippen LogP contribution in [0.1, 0.15) is 11.1 Å². The van der Waals surface area contributed by atoms with Crippen LogP contribution in [0.15, 0.2) is 42.7 Å². The van der Waals surface area contributed by atoms with E-state index < -0.39 is 0 Å². The first-order valence-electron chi connectivity index (χ1n) is 6.02. The molecule has 0 aliphatic heterocycles. The lowest BCUT2D eigenvalue weighted by atomic mass is 10.1. The summed E-state index contributed by atoms with van der Waals surface area (Å²) in [7, 11) is 0. The third kappa shape index (κ3) is 2.27. The fourth-order valence-electron chi connectivity index (χ4n) is 1.84. The fourth-order valence-corrected chi connectivity index (χ4v) is 1.84. The summed E-state index contributed by atoms with van der Waals surface area (Å²) < 4.78 is 5.73. The molecule has 2 heterocycles. The molecule has 5 nitrogen and oxygen atoms in total. The molecular formula is C15H10N4O. The maximum absolute atomic E-state index is 8.84. The average molecular weight is 262 g/mol. The van der Waals surface area contributed by atoms with Crippen LogP contribution in [0, 0.1) is 18.3 Å². The van der Waals surface area contributed by atoms with Gasteiger partial charge in [0.15, 0.2) is 5.65 Å². The molecule has 20 heavy (non-hydrogen) atoms. The quantitative estimate of drug-likeness (QED) is 0.709. The first-order chi connectivity index (χ1) is 9.76. The normalized spacial score (nSPS) is 10.2. The maximum Gasteiger partial charge on any atom is 0.221 e. The monoisotopic (exact) mass is 262 g/mol. The summed E-state index contributed by atoms with van der Waals surface area (Å²) in [6.07, 6.45) is 3.21. The Morgan fingerprint density at radius 2 is 1.95 bits per heavy atom. The summed E-state index contributed by atoms with van der Waals surface area (Å²) in [4.78, 5) is 12.6. The summed E-state index contributed by atoms with van der Waals surface area (Å²) in [5.41, 5.74) is 2.74. The summed E-state index contributed by atoms with van der Waals surface area (Å²) in [5.74, 6) is 1.12. The van der Waals surface area contributed by atoms with Crippen molar-refractivity contribution in [3.8, 4) is 17.7 Å². The second-order valence-corrected chi connectivity index (χ2v) is 4.24. The van der Waals surface area contributed by atoms with Crippen molar-refractivity contribution in [2.24, 2.45) is 0 Å². The molecule has 96 valence electrons. The lowest BCUT2D eigenvalue weighted by molar-refractivity contribution is 0.461. The van der Waals surface area contributed by atoms with Crippen molar-refractivity contribution in [3.05, 3.63) is 53.9 Å². The zero-order chi connectivity index (χ0) is 13.9. The number of ether oxygens (including phenoxy) is 1. The standard InChI is InChI=1S/C15H10N4O/c1-10-8-11(9-16)2-4-13(10)20-14-5-3-12-15(19-14)18-7-6-17-12/h2-8H,1H3. The van der Waals surface area contributed by atoms with Gasteiger partial charge < -0.3 is 4.74 Å². The van der Waals surface area contributed by atoms with Crippen molar-refractivity contribution >= 4 is 11.2 Å². The van der Waals surface area contributed by atoms with Gasteiger partial charge in [0.1, 0.15) is 11.3 Å². The summed E-state index contributed by atoms with van der Waals surface area (Å²) in [6, 6.07) is 10.9. The van der Waals surface area contributed by atoms with Gasteiger partial charge in [0.05, 0.1) is 11.6 Å². The molecule has 1 aromatic carbocycles. The molecule has 0 radical (unpaired) electrons. The smallest absolute Gasteiger partial charge is 0.221 e. The van der Waals surface area contributed by atoms with Crippen LogP contribution in [0.25, 0.3) is 11.2 Å². The zero-order valence-corrected chi connectivity index (χ0v) is 10.7. The van der Waals surface area contributed by atoms with Crippen molar-refractivity contribution in [1.82, 2.24) is 15.0 Å². The van der Waals surface area contributed by atoms with E-state index in [1.165, 1.54) is 0 Å². The van der Waals surface area contributed by atoms with Gasteiger partial charge in [-0.15, -0.1) is 0 Å². The van der Waals surface area contributed by atoms with Crippen molar-refractivity contribution in [3.63, 3.8) is 0 Å². The molecular weight excluding hydrogens is 252 g/mol. The molecule has 0 amide bonds. The molecule has 0 bridgehead atoms. The number of nitrogens with zero attached hydrogens (tertiary/aromatic N) is 4. The molecule has 3 aromatic rings. The minimum Gasteiger partial charge on any atom is -0.439 e. The number of aryl methyl sites for hydroxylation is 1. The van der Waals surface area contributed by atoms with Crippen LogP contribution in [0.3, 0.4) is 0 Å². The highest BCUT2D eigenvalue weighted by molar-refractivity contribution is 5.69. The topological polar surface area (TPSA) is 71.7 Å². The number of benzene rings is 1. The molecule has 0 atom stereocenters. The van der Waals surface area contributed by atoms with E-state index in [-0.39, 0.29) is 0 Å². The van der Waals surface area contributed by atoms with Gasteiger partial charge in [-0.3, -0.25) is 4.98 Å². The van der Waals surface area contributed by atoms with Crippen LogP contribution < -0.4 is 4.74 Å². The van der Waals surface area contributed by atoms with Gasteiger partial charge in [0.25, 0.3) is 0 Å². The lowest BCUT2D eigenvalue weighted by Crippen LogP contribution is -1.93. The Labute approximate surface area is 115 Å². The Kier molecular flexibility index (Phi) is 2.98. The minimum atomic E-state index is 0.450. The Bertz CT molecular complexity index is 823. The van der Waals surface area contributed by atoms with Gasteiger partial charge in [-0.25, -0.2) is 4.98 Å². The molecule has 0 fully saturated rings. The van der Waals surface area contributed by atoms with E-state index in [0.29, 0.717) is 22.8 Å². The molecule has 0 aliphatic carbocycles. The van der Waals surface area contributed by atoms with E-state index in [1.807, 2.05) is 13.0 Å². The Hall–Kier alpha value is -3.00. The van der Waals surface area contributed by atoms with Crippen molar-refractivity contribution in [2.75, 3.05) is 0 Å². The number of aromatic nitrogens is 3. The number of hydrogen-bond acceptors (Lipinski definition) is 5. The average Bonchev–Trinajstić information content (AvgIpc) is 2.49. The molecule has 0 unspecified atom stereocenters. The van der Waals surface area contributed by atoms with Gasteiger partial charge in [0.2, 0.25) is 5.88 Å². The van der Waals surface area contributed by atoms with Gasteiger partial charge in [-0.2, -0.15) is 10.2 Å². The van der Waals surface area contributed by atoms with Crippen LogP contribution in [-0.4, -0.2) is 15.0 Å². The molecule has 0 saturated carbocycles. The first-order valence-corrected chi connectivity index (χ1v) is 6.02. The van der Waals surface area contributed by atoms with Crippen LogP contribution >= 0.6 is 0 Å². The predicted octanol–water partition coefficient (Wildman–Crippen LogP) is 3.00. The van der Waals surface area contributed by atoms with Gasteiger partial charge >= 0.3 is 0 Å². The summed E-state index contributed by atoms with van der Waals surface area (Å²) in [5, 5.41) is 8.84. The van der Waals surface area contributed by atoms with Crippen LogP contribution in [0.2, 0.25) is 0 Å². The molecule has 0 N–H and O–H groups in total. The van der Waals surface area contributed by atoms with Crippen LogP contribution in [0.4, 0.5) is 0 Å². The number of rotatable bonds is 2. The Morgan fingerprint density at radius 3 is 2.75 bits per heavy atom. The van der Waals surface area contributed by atoms with Crippen LogP contribution in [-0.2, 0) is 0 Å². The van der Waals surface area contributed by atoms with Crippen molar-refractivity contribution < 1.29 is 4.74 Å². The van der Waals surface area contributed by atoms with Gasteiger partial charge in [0, 0.05) is 18.5 Å². The highest BCUT2D eigenvalue weighted by Crippen LogP contribution is 2.25. The molecule has 0 saturated heterocycles. The van der Waals surface area contributed by atoms with Gasteiger partial charge in [-0.05, 0) is 36.8 Å². The number of pyridine rings is 1. The predicted molar refractivity (Wildman–Crippen MR) is 73.3 cm³/mol. The highest BCUT2D eigenvalue weighted by atomic mass is 16.5. The van der Waals surface area contributed by atoms with E-state index >= 15 is 0 Å². The van der Waals surface area contributed by atoms with Gasteiger partial charge in [-0.1, -0.05) is 0 Å². The molecule has 0 aliphatic rings. The second kappa shape index (κ2) is 4.94. The molecule has 3 rings (SSSR count). The highest BCUT2D eigenvalue weighted by Gasteiger charge is 2.05. The third-order valence-electron chi connectivity index (χ3n) is 2.82. The number of hydrogen-bond donors (Lipinski definition) is 0. The first kappa shape index (κ1) is 12.1. The number of fused-ring (bicyclic) bond motifs is 1. The van der Waals surface area contributed by atoms with E-state index in [2.05, 4.69) is 21.0 Å². The van der Waals surface area contributed by atoms with E-state index in [1.54, 1.807) is 36.7 Å². The maximum atomic E-state index is 8.84. The van der Waals surface area contributed by atoms with Crippen molar-refractivity contribution in [1.29, 1.82) is 5.26 Å². The SMILES string of the molecule is Cc1cc(C#N)ccc1Oc1ccc2nccnc2n1. The number of nitriles is 1. The van der Waals surface area contributed by atoms with E-state index in [0.717, 1.165) is 11.1 Å². The third-order valence-corrected chi connectivity index (χ3v) is 2.82. The van der Waals surface area contributed by atoms with E-state index in [9.17, 15) is 0 Å². The molecule has 5 heteroatoms. The largest absolute Gasteiger partial charge is 0.439 e. The molecule has 0 spiro atoms. The Morgan fingerprint density at radius 1 is 1.10 bits per heavy atom.